The molecule has 20 heavy (non-hydrogen) atoms. The van der Waals surface area contributed by atoms with Crippen molar-refractivity contribution in [3.05, 3.63) is 51.9 Å². The Morgan fingerprint density at radius 2 is 2.15 bits per heavy atom. The highest BCUT2D eigenvalue weighted by molar-refractivity contribution is 9.10. The number of pyridine rings is 1. The molecule has 3 aromatic rings. The van der Waals surface area contributed by atoms with Crippen molar-refractivity contribution in [3.8, 4) is 0 Å². The Morgan fingerprint density at radius 1 is 1.30 bits per heavy atom. The highest BCUT2D eigenvalue weighted by Gasteiger charge is 2.14. The Hall–Kier alpha value is -1.37. The number of carbonyl (C=O) groups is 1. The molecule has 0 aliphatic rings. The summed E-state index contributed by atoms with van der Waals surface area (Å²) in [7, 11) is 0. The van der Waals surface area contributed by atoms with Crippen LogP contribution in [0, 0.1) is 0 Å². The summed E-state index contributed by atoms with van der Waals surface area (Å²) in [5, 5.41) is 13.1. The molecule has 1 aromatic carbocycles. The first-order valence-electron chi connectivity index (χ1n) is 5.68. The van der Waals surface area contributed by atoms with Gasteiger partial charge in [-0.3, -0.25) is 0 Å². The maximum absolute atomic E-state index is 11.3. The molecule has 0 amide bonds. The molecule has 0 aliphatic carbocycles. The van der Waals surface area contributed by atoms with Gasteiger partial charge in [-0.25, -0.2) is 9.78 Å². The standard InChI is InChI=1S/C14H8BrNO2S2/c15-8-1-2-10(14(17)18)12(7-8)20-13-9-4-6-19-11(9)3-5-16-13/h1-7H,(H,17,18). The van der Waals surface area contributed by atoms with Gasteiger partial charge in [0.05, 0.1) is 5.56 Å². The third-order valence-electron chi connectivity index (χ3n) is 2.72. The average Bonchev–Trinajstić information content (AvgIpc) is 2.88. The van der Waals surface area contributed by atoms with Crippen LogP contribution >= 0.6 is 39.0 Å². The third kappa shape index (κ3) is 2.59. The Morgan fingerprint density at radius 3 is 2.95 bits per heavy atom. The fourth-order valence-electron chi connectivity index (χ4n) is 1.81. The number of hydrogen-bond acceptors (Lipinski definition) is 4. The molecular formula is C14H8BrNO2S2. The highest BCUT2D eigenvalue weighted by atomic mass is 79.9. The fourth-order valence-corrected chi connectivity index (χ4v) is 4.23. The quantitative estimate of drug-likeness (QED) is 0.716. The van der Waals surface area contributed by atoms with E-state index in [1.807, 2.05) is 17.5 Å². The zero-order valence-corrected chi connectivity index (χ0v) is 13.3. The van der Waals surface area contributed by atoms with Crippen LogP contribution in [-0.2, 0) is 0 Å². The van der Waals surface area contributed by atoms with Gasteiger partial charge in [0, 0.05) is 25.7 Å². The summed E-state index contributed by atoms with van der Waals surface area (Å²) in [5.74, 6) is -0.933. The van der Waals surface area contributed by atoms with Crippen molar-refractivity contribution in [2.24, 2.45) is 0 Å². The van der Waals surface area contributed by atoms with E-state index in [4.69, 9.17) is 0 Å². The van der Waals surface area contributed by atoms with Crippen LogP contribution in [0.1, 0.15) is 10.4 Å². The van der Waals surface area contributed by atoms with E-state index >= 15 is 0 Å². The SMILES string of the molecule is O=C(O)c1ccc(Br)cc1Sc1nccc2sccc12. The first-order valence-corrected chi connectivity index (χ1v) is 8.17. The lowest BCUT2D eigenvalue weighted by molar-refractivity contribution is 0.0693. The van der Waals surface area contributed by atoms with Crippen LogP contribution in [0.3, 0.4) is 0 Å². The van der Waals surface area contributed by atoms with Crippen molar-refractivity contribution in [1.82, 2.24) is 4.98 Å². The first-order chi connectivity index (χ1) is 9.65. The zero-order chi connectivity index (χ0) is 14.1. The Bertz CT molecular complexity index is 801. The van der Waals surface area contributed by atoms with E-state index in [1.54, 1.807) is 35.7 Å². The lowest BCUT2D eigenvalue weighted by Gasteiger charge is -2.06. The minimum Gasteiger partial charge on any atom is -0.478 e. The van der Waals surface area contributed by atoms with Crippen LogP contribution in [-0.4, -0.2) is 16.1 Å². The molecule has 0 spiro atoms. The van der Waals surface area contributed by atoms with Gasteiger partial charge in [0.25, 0.3) is 0 Å². The maximum Gasteiger partial charge on any atom is 0.336 e. The number of fused-ring (bicyclic) bond motifs is 1. The van der Waals surface area contributed by atoms with Gasteiger partial charge in [-0.15, -0.1) is 11.3 Å². The molecule has 0 bridgehead atoms. The summed E-state index contributed by atoms with van der Waals surface area (Å²) in [6.07, 6.45) is 1.75. The van der Waals surface area contributed by atoms with Crippen molar-refractivity contribution in [2.75, 3.05) is 0 Å². The summed E-state index contributed by atoms with van der Waals surface area (Å²) < 4.78 is 2.00. The second kappa shape index (κ2) is 5.55. The molecule has 2 aromatic heterocycles. The van der Waals surface area contributed by atoms with E-state index in [2.05, 4.69) is 20.9 Å². The number of aromatic nitrogens is 1. The van der Waals surface area contributed by atoms with Gasteiger partial charge < -0.3 is 5.11 Å². The van der Waals surface area contributed by atoms with Gasteiger partial charge in [0.2, 0.25) is 0 Å². The lowest BCUT2D eigenvalue weighted by Crippen LogP contribution is -1.98. The van der Waals surface area contributed by atoms with Crippen LogP contribution < -0.4 is 0 Å². The molecule has 0 unspecified atom stereocenters. The normalized spacial score (nSPS) is 10.8. The summed E-state index contributed by atoms with van der Waals surface area (Å²) >= 11 is 6.40. The number of benzene rings is 1. The molecule has 0 saturated heterocycles. The van der Waals surface area contributed by atoms with Crippen molar-refractivity contribution in [1.29, 1.82) is 0 Å². The van der Waals surface area contributed by atoms with Crippen molar-refractivity contribution in [2.45, 2.75) is 9.92 Å². The predicted molar refractivity (Wildman–Crippen MR) is 84.8 cm³/mol. The molecule has 3 rings (SSSR count). The van der Waals surface area contributed by atoms with E-state index in [0.29, 0.717) is 4.90 Å². The monoisotopic (exact) mass is 365 g/mol. The summed E-state index contributed by atoms with van der Waals surface area (Å²) in [4.78, 5) is 16.3. The second-order valence-electron chi connectivity index (χ2n) is 4.00. The predicted octanol–water partition coefficient (Wildman–Crippen LogP) is 4.91. The van der Waals surface area contributed by atoms with E-state index in [-0.39, 0.29) is 5.56 Å². The van der Waals surface area contributed by atoms with E-state index in [1.165, 1.54) is 11.8 Å². The minimum atomic E-state index is -0.933. The summed E-state index contributed by atoms with van der Waals surface area (Å²) in [6.45, 7) is 0. The average molecular weight is 366 g/mol. The van der Waals surface area contributed by atoms with E-state index in [9.17, 15) is 9.90 Å². The first kappa shape index (κ1) is 13.6. The molecule has 1 N–H and O–H groups in total. The Labute approximate surface area is 131 Å². The van der Waals surface area contributed by atoms with Crippen LogP contribution in [0.25, 0.3) is 10.1 Å². The summed E-state index contributed by atoms with van der Waals surface area (Å²) in [6, 6.07) is 9.10. The lowest BCUT2D eigenvalue weighted by atomic mass is 10.2. The molecule has 100 valence electrons. The number of hydrogen-bond donors (Lipinski definition) is 1. The molecule has 0 radical (unpaired) electrons. The Balaban J connectivity index is 2.09. The van der Waals surface area contributed by atoms with Gasteiger partial charge in [-0.2, -0.15) is 0 Å². The van der Waals surface area contributed by atoms with Crippen molar-refractivity contribution >= 4 is 55.1 Å². The molecule has 3 nitrogen and oxygen atoms in total. The molecule has 0 aliphatic heterocycles. The summed E-state index contributed by atoms with van der Waals surface area (Å²) in [5.41, 5.74) is 0.284. The molecule has 0 atom stereocenters. The number of rotatable bonds is 3. The van der Waals surface area contributed by atoms with Crippen LogP contribution in [0.5, 0.6) is 0 Å². The van der Waals surface area contributed by atoms with Crippen molar-refractivity contribution < 1.29 is 9.90 Å². The number of halogens is 1. The second-order valence-corrected chi connectivity index (χ2v) is 6.89. The van der Waals surface area contributed by atoms with Gasteiger partial charge in [0.15, 0.2) is 0 Å². The highest BCUT2D eigenvalue weighted by Crippen LogP contribution is 2.36. The van der Waals surface area contributed by atoms with Gasteiger partial charge in [0.1, 0.15) is 5.03 Å². The van der Waals surface area contributed by atoms with Crippen LogP contribution in [0.4, 0.5) is 0 Å². The number of nitrogens with zero attached hydrogens (tertiary/aromatic N) is 1. The molecule has 2 heterocycles. The van der Waals surface area contributed by atoms with E-state index < -0.39 is 5.97 Å². The number of carboxylic acid groups (broad SMARTS) is 1. The molecule has 0 saturated carbocycles. The number of aromatic carboxylic acids is 1. The molecule has 6 heteroatoms. The largest absolute Gasteiger partial charge is 0.478 e. The minimum absolute atomic E-state index is 0.284. The van der Waals surface area contributed by atoms with Gasteiger partial charge >= 0.3 is 5.97 Å². The molecular weight excluding hydrogens is 358 g/mol. The fraction of sp³-hybridized carbons (Fsp3) is 0. The third-order valence-corrected chi connectivity index (χ3v) is 5.18. The Kier molecular flexibility index (Phi) is 3.78. The van der Waals surface area contributed by atoms with Crippen molar-refractivity contribution in [3.63, 3.8) is 0 Å². The number of thiophene rings is 1. The number of carboxylic acids is 1. The van der Waals surface area contributed by atoms with Crippen LogP contribution in [0.15, 0.2) is 56.3 Å². The van der Waals surface area contributed by atoms with Gasteiger partial charge in [-0.1, -0.05) is 27.7 Å². The zero-order valence-electron chi connectivity index (χ0n) is 10.0. The maximum atomic E-state index is 11.3. The topological polar surface area (TPSA) is 50.2 Å². The van der Waals surface area contributed by atoms with Gasteiger partial charge in [-0.05, 0) is 35.7 Å². The van der Waals surface area contributed by atoms with Crippen LogP contribution in [0.2, 0.25) is 0 Å². The smallest absolute Gasteiger partial charge is 0.336 e. The molecule has 0 fully saturated rings. The van der Waals surface area contributed by atoms with E-state index in [0.717, 1.165) is 19.6 Å².